The molecule has 0 N–H and O–H groups in total. The minimum absolute atomic E-state index is 0.776. The van der Waals surface area contributed by atoms with E-state index in [0.29, 0.717) is 0 Å². The highest BCUT2D eigenvalue weighted by molar-refractivity contribution is 5.85. The van der Waals surface area contributed by atoms with Gasteiger partial charge in [-0.2, -0.15) is 0 Å². The van der Waals surface area contributed by atoms with Crippen LogP contribution in [0, 0.1) is 0 Å². The van der Waals surface area contributed by atoms with E-state index in [0.717, 1.165) is 0 Å². The fourth-order valence-corrected chi connectivity index (χ4v) is 1.86. The topological polar surface area (TPSA) is 89.5 Å². The van der Waals surface area contributed by atoms with E-state index in [1.54, 1.807) is 0 Å². The molecule has 0 spiro atoms. The first-order chi connectivity index (χ1) is 9.28. The number of carbonyl (C=O) groups is 2. The maximum absolute atomic E-state index is 11.8. The highest BCUT2D eigenvalue weighted by Gasteiger charge is 2.60. The maximum atomic E-state index is 11.8. The largest absolute Gasteiger partial charge is 0.467 e. The molecule has 0 aromatic heterocycles. The van der Waals surface area contributed by atoms with Crippen molar-refractivity contribution in [2.24, 2.45) is 0 Å². The van der Waals surface area contributed by atoms with E-state index < -0.39 is 35.7 Å². The van der Waals surface area contributed by atoms with E-state index in [1.807, 2.05) is 0 Å². The van der Waals surface area contributed by atoms with Crippen LogP contribution in [-0.2, 0) is 38.0 Å². The van der Waals surface area contributed by atoms with Gasteiger partial charge in [-0.15, -0.1) is 0 Å². The first-order valence-electron chi connectivity index (χ1n) is 5.90. The van der Waals surface area contributed by atoms with Gasteiger partial charge >= 0.3 is 11.9 Å². The summed E-state index contributed by atoms with van der Waals surface area (Å²) >= 11 is 0. The Balaban J connectivity index is 3.18. The van der Waals surface area contributed by atoms with Gasteiger partial charge in [0.15, 0.2) is 12.2 Å². The predicted octanol–water partition coefficient (Wildman–Crippen LogP) is -0.158. The molecule has 0 aromatic rings. The molecule has 20 heavy (non-hydrogen) atoms. The fourth-order valence-electron chi connectivity index (χ4n) is 1.86. The zero-order chi connectivity index (χ0) is 15.6. The predicted molar refractivity (Wildman–Crippen MR) is 64.6 cm³/mol. The monoisotopic (exact) mass is 292 g/mol. The summed E-state index contributed by atoms with van der Waals surface area (Å²) < 4.78 is 30.8. The number of ether oxygens (including phenoxy) is 6. The summed E-state index contributed by atoms with van der Waals surface area (Å²) in [6, 6.07) is 0. The second-order valence-electron chi connectivity index (χ2n) is 4.42. The molecular weight excluding hydrogens is 272 g/mol. The molecule has 0 unspecified atom stereocenters. The molecule has 0 aromatic carbocycles. The van der Waals surface area contributed by atoms with E-state index >= 15 is 0 Å². The lowest BCUT2D eigenvalue weighted by molar-refractivity contribution is -0.439. The van der Waals surface area contributed by atoms with Crippen molar-refractivity contribution in [3.8, 4) is 0 Å². The minimum Gasteiger partial charge on any atom is -0.467 e. The Bertz CT molecular complexity index is 348. The molecule has 4 atom stereocenters. The molecule has 0 radical (unpaired) electrons. The lowest BCUT2D eigenvalue weighted by Crippen LogP contribution is -2.68. The zero-order valence-electron chi connectivity index (χ0n) is 12.4. The van der Waals surface area contributed by atoms with Crippen molar-refractivity contribution in [2.45, 2.75) is 37.6 Å². The van der Waals surface area contributed by atoms with Crippen LogP contribution in [0.2, 0.25) is 0 Å². The highest BCUT2D eigenvalue weighted by atomic mass is 16.8. The van der Waals surface area contributed by atoms with E-state index in [9.17, 15) is 9.59 Å². The second-order valence-corrected chi connectivity index (χ2v) is 4.42. The molecule has 1 aliphatic rings. The molecule has 8 nitrogen and oxygen atoms in total. The van der Waals surface area contributed by atoms with Crippen molar-refractivity contribution in [1.29, 1.82) is 0 Å². The summed E-state index contributed by atoms with van der Waals surface area (Å²) in [6.45, 7) is 3.06. The van der Waals surface area contributed by atoms with Gasteiger partial charge in [0.25, 0.3) is 0 Å². The third-order valence-corrected chi connectivity index (χ3v) is 3.45. The molecule has 1 saturated heterocycles. The summed E-state index contributed by atoms with van der Waals surface area (Å²) in [7, 11) is 5.09. The van der Waals surface area contributed by atoms with Gasteiger partial charge < -0.3 is 28.4 Å². The van der Waals surface area contributed by atoms with Crippen LogP contribution in [-0.4, -0.2) is 64.2 Å². The lowest BCUT2D eigenvalue weighted by Gasteiger charge is -2.50. The first-order valence-corrected chi connectivity index (χ1v) is 5.90. The van der Waals surface area contributed by atoms with Crippen LogP contribution in [0.15, 0.2) is 0 Å². The Morgan fingerprint density at radius 2 is 1.10 bits per heavy atom. The normalized spacial score (nSPS) is 37.3. The highest BCUT2D eigenvalue weighted by Crippen LogP contribution is 2.39. The maximum Gasteiger partial charge on any atom is 0.338 e. The SMILES string of the molecule is COC(=O)[C@H]1O[C@@](C)(OC)[C@](C)(OC)O[C@@H]1C(=O)OC. The van der Waals surface area contributed by atoms with Gasteiger partial charge in [-0.1, -0.05) is 0 Å². The summed E-state index contributed by atoms with van der Waals surface area (Å²) in [5, 5.41) is 0. The van der Waals surface area contributed by atoms with E-state index in [2.05, 4.69) is 9.47 Å². The van der Waals surface area contributed by atoms with Crippen LogP contribution in [0.3, 0.4) is 0 Å². The van der Waals surface area contributed by atoms with Gasteiger partial charge in [0.05, 0.1) is 14.2 Å². The molecule has 1 rings (SSSR count). The average Bonchev–Trinajstić information content (AvgIpc) is 2.47. The van der Waals surface area contributed by atoms with Crippen molar-refractivity contribution >= 4 is 11.9 Å². The molecule has 8 heteroatoms. The Morgan fingerprint density at radius 1 is 0.800 bits per heavy atom. The molecular formula is C12H20O8. The smallest absolute Gasteiger partial charge is 0.338 e. The average molecular weight is 292 g/mol. The van der Waals surface area contributed by atoms with Gasteiger partial charge in [-0.25, -0.2) is 9.59 Å². The molecule has 116 valence electrons. The number of hydrogen-bond acceptors (Lipinski definition) is 8. The Morgan fingerprint density at radius 3 is 1.30 bits per heavy atom. The molecule has 1 aliphatic heterocycles. The lowest BCUT2D eigenvalue weighted by atomic mass is 10.0. The van der Waals surface area contributed by atoms with Crippen LogP contribution < -0.4 is 0 Å². The van der Waals surface area contributed by atoms with E-state index in [-0.39, 0.29) is 0 Å². The second kappa shape index (κ2) is 6.04. The number of carbonyl (C=O) groups excluding carboxylic acids is 2. The van der Waals surface area contributed by atoms with Crippen molar-refractivity contribution in [3.63, 3.8) is 0 Å². The number of rotatable bonds is 4. The molecule has 1 heterocycles. The van der Waals surface area contributed by atoms with Crippen molar-refractivity contribution in [2.75, 3.05) is 28.4 Å². The van der Waals surface area contributed by atoms with Crippen molar-refractivity contribution in [3.05, 3.63) is 0 Å². The van der Waals surface area contributed by atoms with Crippen LogP contribution in [0.4, 0.5) is 0 Å². The number of esters is 2. The van der Waals surface area contributed by atoms with Gasteiger partial charge in [0, 0.05) is 14.2 Å². The Labute approximate surface area is 117 Å². The van der Waals surface area contributed by atoms with E-state index in [1.165, 1.54) is 42.3 Å². The summed E-state index contributed by atoms with van der Waals surface area (Å²) in [5.41, 5.74) is 0. The summed E-state index contributed by atoms with van der Waals surface area (Å²) in [6.07, 6.45) is -2.64. The Kier molecular flexibility index (Phi) is 5.09. The van der Waals surface area contributed by atoms with E-state index in [4.69, 9.17) is 18.9 Å². The van der Waals surface area contributed by atoms with Gasteiger partial charge in [-0.05, 0) is 13.8 Å². The third-order valence-electron chi connectivity index (χ3n) is 3.45. The Hall–Kier alpha value is -1.22. The molecule has 0 bridgehead atoms. The quantitative estimate of drug-likeness (QED) is 0.660. The van der Waals surface area contributed by atoms with Gasteiger partial charge in [0.1, 0.15) is 0 Å². The van der Waals surface area contributed by atoms with Crippen molar-refractivity contribution < 1.29 is 38.0 Å². The number of hydrogen-bond donors (Lipinski definition) is 0. The minimum atomic E-state index is -1.41. The van der Waals surface area contributed by atoms with Gasteiger partial charge in [0.2, 0.25) is 11.6 Å². The molecule has 0 saturated carbocycles. The number of methoxy groups -OCH3 is 4. The van der Waals surface area contributed by atoms with Crippen LogP contribution in [0.1, 0.15) is 13.8 Å². The standard InChI is InChI=1S/C12H20O8/c1-11(17-5)12(2,18-6)20-8(10(14)16-4)7(19-11)9(13)15-3/h7-8H,1-6H3/t7-,8-,11+,12+/m0/s1. The first kappa shape index (κ1) is 16.8. The molecule has 0 aliphatic carbocycles. The van der Waals surface area contributed by atoms with Crippen molar-refractivity contribution in [1.82, 2.24) is 0 Å². The van der Waals surface area contributed by atoms with Crippen LogP contribution >= 0.6 is 0 Å². The van der Waals surface area contributed by atoms with Gasteiger partial charge in [-0.3, -0.25) is 0 Å². The van der Waals surface area contributed by atoms with Crippen LogP contribution in [0.25, 0.3) is 0 Å². The molecule has 1 fully saturated rings. The summed E-state index contributed by atoms with van der Waals surface area (Å²) in [5.74, 6) is -4.38. The zero-order valence-corrected chi connectivity index (χ0v) is 12.4. The molecule has 0 amide bonds. The third kappa shape index (κ3) is 2.64. The summed E-state index contributed by atoms with van der Waals surface area (Å²) in [4.78, 5) is 23.5. The fraction of sp³-hybridized carbons (Fsp3) is 0.833. The van der Waals surface area contributed by atoms with Crippen LogP contribution in [0.5, 0.6) is 0 Å².